The van der Waals surface area contributed by atoms with Gasteiger partial charge in [0, 0.05) is 25.4 Å². The van der Waals surface area contributed by atoms with Crippen molar-refractivity contribution in [3.05, 3.63) is 47.2 Å². The van der Waals surface area contributed by atoms with Gasteiger partial charge in [0.1, 0.15) is 0 Å². The third-order valence-corrected chi connectivity index (χ3v) is 4.91. The number of hydrogen-bond acceptors (Lipinski definition) is 7. The second kappa shape index (κ2) is 7.02. The maximum atomic E-state index is 12.3. The summed E-state index contributed by atoms with van der Waals surface area (Å²) in [4.78, 5) is 24.2. The van der Waals surface area contributed by atoms with Crippen LogP contribution in [0, 0.1) is 0 Å². The van der Waals surface area contributed by atoms with Gasteiger partial charge in [-0.1, -0.05) is 11.2 Å². The van der Waals surface area contributed by atoms with Crippen LogP contribution in [0.2, 0.25) is 0 Å². The normalized spacial score (nSPS) is 14.0. The van der Waals surface area contributed by atoms with Crippen LogP contribution < -0.4 is 10.2 Å². The molecule has 0 radical (unpaired) electrons. The fraction of sp³-hybridized carbons (Fsp3) is 0.294. The van der Waals surface area contributed by atoms with E-state index in [4.69, 9.17) is 4.52 Å². The van der Waals surface area contributed by atoms with E-state index >= 15 is 0 Å². The van der Waals surface area contributed by atoms with Crippen LogP contribution in [0.3, 0.4) is 0 Å². The molecule has 0 unspecified atom stereocenters. The predicted octanol–water partition coefficient (Wildman–Crippen LogP) is 2.72. The van der Waals surface area contributed by atoms with Crippen LogP contribution in [-0.2, 0) is 6.54 Å². The molecule has 3 aromatic rings. The van der Waals surface area contributed by atoms with Crippen LogP contribution in [0.25, 0.3) is 10.6 Å². The van der Waals surface area contributed by atoms with E-state index in [1.165, 1.54) is 24.2 Å². The molecule has 4 heterocycles. The lowest BCUT2D eigenvalue weighted by Gasteiger charge is -2.15. The molecule has 1 saturated heterocycles. The summed E-state index contributed by atoms with van der Waals surface area (Å²) >= 11 is 1.54. The number of amides is 1. The summed E-state index contributed by atoms with van der Waals surface area (Å²) in [7, 11) is 0. The van der Waals surface area contributed by atoms with E-state index in [1.807, 2.05) is 17.5 Å². The Bertz CT molecular complexity index is 856. The van der Waals surface area contributed by atoms with E-state index in [9.17, 15) is 4.79 Å². The Hall–Kier alpha value is -2.74. The minimum atomic E-state index is -0.284. The topological polar surface area (TPSA) is 84.2 Å². The predicted molar refractivity (Wildman–Crippen MR) is 94.5 cm³/mol. The smallest absolute Gasteiger partial charge is 0.273 e. The molecule has 1 aliphatic heterocycles. The highest BCUT2D eigenvalue weighted by Gasteiger charge is 2.16. The molecule has 7 nitrogen and oxygen atoms in total. The van der Waals surface area contributed by atoms with Crippen molar-refractivity contribution in [2.75, 3.05) is 18.0 Å². The van der Waals surface area contributed by atoms with Crippen molar-refractivity contribution in [1.29, 1.82) is 0 Å². The number of carbonyl (C=O) groups excluding carboxylic acids is 1. The summed E-state index contributed by atoms with van der Waals surface area (Å²) in [6, 6.07) is 7.31. The van der Waals surface area contributed by atoms with Crippen molar-refractivity contribution in [2.24, 2.45) is 0 Å². The van der Waals surface area contributed by atoms with Gasteiger partial charge in [-0.25, -0.2) is 9.97 Å². The molecule has 3 aromatic heterocycles. The second-order valence-electron chi connectivity index (χ2n) is 5.78. The zero-order chi connectivity index (χ0) is 17.1. The number of thiophene rings is 1. The molecule has 8 heteroatoms. The third-order valence-electron chi connectivity index (χ3n) is 4.03. The fourth-order valence-corrected chi connectivity index (χ4v) is 3.40. The molecule has 1 N–H and O–H groups in total. The van der Waals surface area contributed by atoms with Gasteiger partial charge in [0.15, 0.2) is 11.5 Å². The minimum Gasteiger partial charge on any atom is -0.355 e. The highest BCUT2D eigenvalue weighted by Crippen LogP contribution is 2.25. The van der Waals surface area contributed by atoms with Crippen molar-refractivity contribution in [2.45, 2.75) is 19.4 Å². The molecule has 128 valence electrons. The number of hydrogen-bond donors (Lipinski definition) is 1. The summed E-state index contributed by atoms with van der Waals surface area (Å²) < 4.78 is 5.24. The molecule has 1 amide bonds. The van der Waals surface area contributed by atoms with Crippen LogP contribution in [0.1, 0.15) is 29.0 Å². The zero-order valence-electron chi connectivity index (χ0n) is 13.5. The quantitative estimate of drug-likeness (QED) is 0.757. The SMILES string of the molecule is O=C(NCc1ccnc(N2CCCC2)n1)c1cc(-c2cccs2)on1. The standard InChI is InChI=1S/C17H17N5O2S/c23-16(13-10-14(24-21-13)15-4-3-9-25-15)19-11-12-5-6-18-17(20-12)22-7-1-2-8-22/h3-6,9-10H,1-2,7-8,11H2,(H,19,23). The van der Waals surface area contributed by atoms with E-state index in [0.29, 0.717) is 12.3 Å². The lowest BCUT2D eigenvalue weighted by molar-refractivity contribution is 0.0941. The number of rotatable bonds is 5. The van der Waals surface area contributed by atoms with Gasteiger partial charge >= 0.3 is 0 Å². The lowest BCUT2D eigenvalue weighted by Crippen LogP contribution is -2.25. The Morgan fingerprint density at radius 2 is 2.20 bits per heavy atom. The molecule has 25 heavy (non-hydrogen) atoms. The molecule has 1 aliphatic rings. The van der Waals surface area contributed by atoms with Crippen molar-refractivity contribution >= 4 is 23.2 Å². The molecular weight excluding hydrogens is 338 g/mol. The van der Waals surface area contributed by atoms with E-state index in [-0.39, 0.29) is 11.6 Å². The van der Waals surface area contributed by atoms with Gasteiger partial charge in [0.25, 0.3) is 5.91 Å². The van der Waals surface area contributed by atoms with Crippen LogP contribution in [-0.4, -0.2) is 34.1 Å². The Labute approximate surface area is 148 Å². The monoisotopic (exact) mass is 355 g/mol. The first-order chi connectivity index (χ1) is 12.3. The van der Waals surface area contributed by atoms with Crippen molar-refractivity contribution in [3.63, 3.8) is 0 Å². The summed E-state index contributed by atoms with van der Waals surface area (Å²) in [5.74, 6) is 1.04. The van der Waals surface area contributed by atoms with Gasteiger partial charge in [-0.2, -0.15) is 0 Å². The van der Waals surface area contributed by atoms with Gasteiger partial charge in [0.2, 0.25) is 5.95 Å². The molecule has 0 spiro atoms. The van der Waals surface area contributed by atoms with E-state index in [0.717, 1.165) is 29.6 Å². The molecule has 0 bridgehead atoms. The van der Waals surface area contributed by atoms with Gasteiger partial charge in [-0.15, -0.1) is 11.3 Å². The van der Waals surface area contributed by atoms with E-state index in [1.54, 1.807) is 18.3 Å². The first-order valence-corrected chi connectivity index (χ1v) is 9.03. The summed E-state index contributed by atoms with van der Waals surface area (Å²) in [5, 5.41) is 8.62. The largest absolute Gasteiger partial charge is 0.355 e. The van der Waals surface area contributed by atoms with Crippen LogP contribution >= 0.6 is 11.3 Å². The van der Waals surface area contributed by atoms with Crippen molar-refractivity contribution in [1.82, 2.24) is 20.4 Å². The molecule has 0 saturated carbocycles. The molecule has 0 atom stereocenters. The number of anilines is 1. The molecule has 0 aliphatic carbocycles. The van der Waals surface area contributed by atoms with Gasteiger partial charge in [-0.05, 0) is 30.4 Å². The molecular formula is C17H17N5O2S. The van der Waals surface area contributed by atoms with Crippen LogP contribution in [0.5, 0.6) is 0 Å². The maximum Gasteiger partial charge on any atom is 0.273 e. The molecule has 4 rings (SSSR count). The second-order valence-corrected chi connectivity index (χ2v) is 6.73. The maximum absolute atomic E-state index is 12.3. The Morgan fingerprint density at radius 3 is 3.00 bits per heavy atom. The average Bonchev–Trinajstić information content (AvgIpc) is 3.41. The Balaban J connectivity index is 1.39. The first kappa shape index (κ1) is 15.8. The van der Waals surface area contributed by atoms with Crippen LogP contribution in [0.4, 0.5) is 5.95 Å². The molecule has 1 fully saturated rings. The Kier molecular flexibility index (Phi) is 4.43. The number of carbonyl (C=O) groups is 1. The van der Waals surface area contributed by atoms with E-state index < -0.39 is 0 Å². The van der Waals surface area contributed by atoms with Crippen LogP contribution in [0.15, 0.2) is 40.4 Å². The summed E-state index contributed by atoms with van der Waals surface area (Å²) in [6.45, 7) is 2.30. The minimum absolute atomic E-state index is 0.261. The first-order valence-electron chi connectivity index (χ1n) is 8.15. The third kappa shape index (κ3) is 3.53. The highest BCUT2D eigenvalue weighted by atomic mass is 32.1. The highest BCUT2D eigenvalue weighted by molar-refractivity contribution is 7.13. The zero-order valence-corrected chi connectivity index (χ0v) is 14.3. The number of nitrogens with zero attached hydrogens (tertiary/aromatic N) is 4. The fourth-order valence-electron chi connectivity index (χ4n) is 2.73. The number of nitrogens with one attached hydrogen (secondary N) is 1. The van der Waals surface area contributed by atoms with Gasteiger partial charge < -0.3 is 14.7 Å². The van der Waals surface area contributed by atoms with Gasteiger partial charge in [0.05, 0.1) is 17.1 Å². The van der Waals surface area contributed by atoms with Gasteiger partial charge in [-0.3, -0.25) is 4.79 Å². The van der Waals surface area contributed by atoms with Crippen molar-refractivity contribution < 1.29 is 9.32 Å². The Morgan fingerprint density at radius 1 is 1.32 bits per heavy atom. The lowest BCUT2D eigenvalue weighted by atomic mass is 10.3. The van der Waals surface area contributed by atoms with E-state index in [2.05, 4.69) is 25.3 Å². The average molecular weight is 355 g/mol. The van der Waals surface area contributed by atoms with Crippen molar-refractivity contribution in [3.8, 4) is 10.6 Å². The molecule has 0 aromatic carbocycles. The summed E-state index contributed by atoms with van der Waals surface area (Å²) in [5.41, 5.74) is 1.03. The number of aromatic nitrogens is 3. The summed E-state index contributed by atoms with van der Waals surface area (Å²) in [6.07, 6.45) is 4.07.